The Kier molecular flexibility index (Phi) is 2.94. The van der Waals surface area contributed by atoms with Crippen LogP contribution in [0.15, 0.2) is 6.20 Å². The number of rotatable bonds is 3. The van der Waals surface area contributed by atoms with Crippen LogP contribution in [-0.2, 0) is 4.79 Å². The van der Waals surface area contributed by atoms with Crippen LogP contribution in [0, 0.1) is 0 Å². The SMILES string of the molecule is CC(C)(O)CC(=O)Nc1cnns1. The first-order chi connectivity index (χ1) is 5.97. The molecule has 0 saturated carbocycles. The molecule has 0 bridgehead atoms. The van der Waals surface area contributed by atoms with E-state index in [0.717, 1.165) is 11.5 Å². The van der Waals surface area contributed by atoms with Crippen LogP contribution in [0.5, 0.6) is 0 Å². The summed E-state index contributed by atoms with van der Waals surface area (Å²) in [6.07, 6.45) is 1.53. The fraction of sp³-hybridized carbons (Fsp3) is 0.571. The molecule has 13 heavy (non-hydrogen) atoms. The van der Waals surface area contributed by atoms with E-state index >= 15 is 0 Å². The van der Waals surface area contributed by atoms with Gasteiger partial charge in [-0.3, -0.25) is 4.79 Å². The molecule has 2 N–H and O–H groups in total. The molecule has 6 heteroatoms. The lowest BCUT2D eigenvalue weighted by Crippen LogP contribution is -2.26. The second-order valence-electron chi connectivity index (χ2n) is 3.32. The Bertz CT molecular complexity index is 278. The van der Waals surface area contributed by atoms with E-state index in [0.29, 0.717) is 5.00 Å². The topological polar surface area (TPSA) is 75.1 Å². The molecule has 1 heterocycles. The number of nitrogens with one attached hydrogen (secondary N) is 1. The van der Waals surface area contributed by atoms with Crippen LogP contribution in [0.2, 0.25) is 0 Å². The molecule has 0 aliphatic heterocycles. The Morgan fingerprint density at radius 3 is 2.92 bits per heavy atom. The van der Waals surface area contributed by atoms with Crippen molar-refractivity contribution in [1.29, 1.82) is 0 Å². The summed E-state index contributed by atoms with van der Waals surface area (Å²) in [5.41, 5.74) is -0.984. The average molecular weight is 201 g/mol. The van der Waals surface area contributed by atoms with Gasteiger partial charge >= 0.3 is 0 Å². The maximum atomic E-state index is 11.2. The van der Waals surface area contributed by atoms with E-state index in [-0.39, 0.29) is 12.3 Å². The van der Waals surface area contributed by atoms with Gasteiger partial charge in [-0.1, -0.05) is 4.49 Å². The van der Waals surface area contributed by atoms with Gasteiger partial charge in [0, 0.05) is 11.5 Å². The van der Waals surface area contributed by atoms with Gasteiger partial charge in [0.25, 0.3) is 0 Å². The summed E-state index contributed by atoms with van der Waals surface area (Å²) in [5, 5.41) is 16.1. The number of nitrogens with zero attached hydrogens (tertiary/aromatic N) is 2. The number of aliphatic hydroxyl groups is 1. The molecule has 0 fully saturated rings. The highest BCUT2D eigenvalue weighted by atomic mass is 32.1. The third-order valence-corrected chi connectivity index (χ3v) is 1.80. The molecule has 0 aliphatic carbocycles. The molecular formula is C7H11N3O2S. The minimum atomic E-state index is -0.984. The van der Waals surface area contributed by atoms with Crippen LogP contribution < -0.4 is 5.32 Å². The first-order valence-corrected chi connectivity index (χ1v) is 4.54. The summed E-state index contributed by atoms with van der Waals surface area (Å²) in [7, 11) is 0. The van der Waals surface area contributed by atoms with E-state index < -0.39 is 5.60 Å². The maximum absolute atomic E-state index is 11.2. The first kappa shape index (κ1) is 10.1. The summed E-state index contributed by atoms with van der Waals surface area (Å²) >= 11 is 1.10. The van der Waals surface area contributed by atoms with Gasteiger partial charge in [-0.25, -0.2) is 0 Å². The molecule has 1 amide bonds. The van der Waals surface area contributed by atoms with Gasteiger partial charge in [-0.05, 0) is 13.8 Å². The number of hydrogen-bond donors (Lipinski definition) is 2. The van der Waals surface area contributed by atoms with E-state index in [4.69, 9.17) is 0 Å². The molecule has 72 valence electrons. The minimum Gasteiger partial charge on any atom is -0.390 e. The predicted octanol–water partition coefficient (Wildman–Crippen LogP) is 0.638. The largest absolute Gasteiger partial charge is 0.390 e. The van der Waals surface area contributed by atoms with Gasteiger partial charge in [0.1, 0.15) is 5.00 Å². The van der Waals surface area contributed by atoms with Crippen molar-refractivity contribution in [2.45, 2.75) is 25.9 Å². The molecule has 0 aromatic carbocycles. The molecule has 0 radical (unpaired) electrons. The van der Waals surface area contributed by atoms with Crippen molar-refractivity contribution in [2.24, 2.45) is 0 Å². The van der Waals surface area contributed by atoms with Gasteiger partial charge < -0.3 is 10.4 Å². The van der Waals surface area contributed by atoms with Crippen molar-refractivity contribution in [3.8, 4) is 0 Å². The zero-order valence-electron chi connectivity index (χ0n) is 7.44. The van der Waals surface area contributed by atoms with Crippen molar-refractivity contribution in [2.75, 3.05) is 5.32 Å². The normalized spacial score (nSPS) is 11.3. The van der Waals surface area contributed by atoms with Crippen LogP contribution in [0.4, 0.5) is 5.00 Å². The van der Waals surface area contributed by atoms with Gasteiger partial charge in [0.05, 0.1) is 18.2 Å². The molecule has 1 rings (SSSR count). The van der Waals surface area contributed by atoms with Gasteiger partial charge in [0.2, 0.25) is 5.91 Å². The predicted molar refractivity (Wildman–Crippen MR) is 49.5 cm³/mol. The smallest absolute Gasteiger partial charge is 0.227 e. The van der Waals surface area contributed by atoms with Crippen molar-refractivity contribution >= 4 is 22.4 Å². The Balaban J connectivity index is 2.43. The van der Waals surface area contributed by atoms with Crippen molar-refractivity contribution in [1.82, 2.24) is 9.59 Å². The van der Waals surface area contributed by atoms with Crippen LogP contribution in [-0.4, -0.2) is 26.2 Å². The highest BCUT2D eigenvalue weighted by molar-refractivity contribution is 7.10. The summed E-state index contributed by atoms with van der Waals surface area (Å²) < 4.78 is 3.59. The second-order valence-corrected chi connectivity index (χ2v) is 4.10. The number of amides is 1. The Morgan fingerprint density at radius 1 is 1.77 bits per heavy atom. The van der Waals surface area contributed by atoms with E-state index in [9.17, 15) is 9.90 Å². The quantitative estimate of drug-likeness (QED) is 0.752. The Hall–Kier alpha value is -1.01. The highest BCUT2D eigenvalue weighted by Gasteiger charge is 2.18. The van der Waals surface area contributed by atoms with Gasteiger partial charge in [-0.15, -0.1) is 5.10 Å². The molecule has 0 atom stereocenters. The number of carbonyl (C=O) groups is 1. The van der Waals surface area contributed by atoms with E-state index in [2.05, 4.69) is 14.9 Å². The van der Waals surface area contributed by atoms with Crippen molar-refractivity contribution in [3.63, 3.8) is 0 Å². The Morgan fingerprint density at radius 2 is 2.46 bits per heavy atom. The molecular weight excluding hydrogens is 190 g/mol. The van der Waals surface area contributed by atoms with Gasteiger partial charge in [0.15, 0.2) is 0 Å². The summed E-state index contributed by atoms with van der Waals surface area (Å²) in [6, 6.07) is 0. The lowest BCUT2D eigenvalue weighted by atomic mass is 10.1. The van der Waals surface area contributed by atoms with Crippen LogP contribution in [0.25, 0.3) is 0 Å². The fourth-order valence-corrected chi connectivity index (χ4v) is 1.23. The summed E-state index contributed by atoms with van der Waals surface area (Å²) in [4.78, 5) is 11.2. The number of aromatic nitrogens is 2. The van der Waals surface area contributed by atoms with Crippen LogP contribution in [0.1, 0.15) is 20.3 Å². The molecule has 5 nitrogen and oxygen atoms in total. The zero-order valence-corrected chi connectivity index (χ0v) is 8.26. The van der Waals surface area contributed by atoms with Crippen LogP contribution >= 0.6 is 11.5 Å². The van der Waals surface area contributed by atoms with E-state index in [1.165, 1.54) is 6.20 Å². The minimum absolute atomic E-state index is 0.0604. The lowest BCUT2D eigenvalue weighted by Gasteiger charge is -2.15. The maximum Gasteiger partial charge on any atom is 0.227 e. The standard InChI is InChI=1S/C7H11N3O2S/c1-7(2,12)3-5(11)9-6-4-8-10-13-6/h4,12H,3H2,1-2H3,(H,9,11). The van der Waals surface area contributed by atoms with E-state index in [1.54, 1.807) is 13.8 Å². The lowest BCUT2D eigenvalue weighted by molar-refractivity contribution is -0.119. The molecule has 1 aromatic rings. The molecule has 0 spiro atoms. The van der Waals surface area contributed by atoms with Crippen LogP contribution in [0.3, 0.4) is 0 Å². The fourth-order valence-electron chi connectivity index (χ4n) is 0.797. The molecule has 0 aliphatic rings. The average Bonchev–Trinajstić information content (AvgIpc) is 2.34. The number of anilines is 1. The molecule has 0 saturated heterocycles. The second kappa shape index (κ2) is 3.80. The summed E-state index contributed by atoms with van der Waals surface area (Å²) in [6.45, 7) is 3.16. The number of hydrogen-bond acceptors (Lipinski definition) is 5. The van der Waals surface area contributed by atoms with Gasteiger partial charge in [-0.2, -0.15) is 0 Å². The Labute approximate surface area is 80.0 Å². The van der Waals surface area contributed by atoms with Crippen molar-refractivity contribution < 1.29 is 9.90 Å². The third-order valence-electron chi connectivity index (χ3n) is 1.22. The third kappa shape index (κ3) is 3.95. The zero-order chi connectivity index (χ0) is 9.90. The number of carbonyl (C=O) groups excluding carboxylic acids is 1. The van der Waals surface area contributed by atoms with Crippen molar-refractivity contribution in [3.05, 3.63) is 6.20 Å². The first-order valence-electron chi connectivity index (χ1n) is 3.77. The summed E-state index contributed by atoms with van der Waals surface area (Å²) in [5.74, 6) is -0.237. The highest BCUT2D eigenvalue weighted by Crippen LogP contribution is 2.12. The molecule has 0 unspecified atom stereocenters. The molecule has 1 aromatic heterocycles. The monoisotopic (exact) mass is 201 g/mol. The van der Waals surface area contributed by atoms with E-state index in [1.807, 2.05) is 0 Å².